The van der Waals surface area contributed by atoms with Crippen LogP contribution in [-0.2, 0) is 10.2 Å². The van der Waals surface area contributed by atoms with Crippen LogP contribution in [0.4, 0.5) is 0 Å². The summed E-state index contributed by atoms with van der Waals surface area (Å²) in [4.78, 5) is 9.99. The summed E-state index contributed by atoms with van der Waals surface area (Å²) in [6, 6.07) is 6.34. The summed E-state index contributed by atoms with van der Waals surface area (Å²) < 4.78 is 6.09. The van der Waals surface area contributed by atoms with Gasteiger partial charge < -0.3 is 14.5 Å². The van der Waals surface area contributed by atoms with Gasteiger partial charge in [0, 0.05) is 51.4 Å². The Hall–Kier alpha value is -0.970. The van der Waals surface area contributed by atoms with E-state index in [4.69, 9.17) is 9.72 Å². The zero-order valence-electron chi connectivity index (χ0n) is 11.1. The molecule has 0 amide bonds. The van der Waals surface area contributed by atoms with E-state index >= 15 is 0 Å². The Bertz CT molecular complexity index is 497. The van der Waals surface area contributed by atoms with Crippen LogP contribution in [0.25, 0.3) is 0 Å². The molecule has 0 saturated carbocycles. The van der Waals surface area contributed by atoms with E-state index in [0.29, 0.717) is 5.92 Å². The average Bonchev–Trinajstić information content (AvgIpc) is 3.21. The van der Waals surface area contributed by atoms with Gasteiger partial charge in [0.25, 0.3) is 0 Å². The Morgan fingerprint density at radius 3 is 2.47 bits per heavy atom. The molecule has 1 aromatic rings. The van der Waals surface area contributed by atoms with E-state index in [-0.39, 0.29) is 11.0 Å². The van der Waals surface area contributed by atoms with Crippen molar-refractivity contribution in [3.63, 3.8) is 0 Å². The molecule has 5 aliphatic rings. The quantitative estimate of drug-likeness (QED) is 0.680. The number of pyridine rings is 1. The van der Waals surface area contributed by atoms with Crippen LogP contribution in [-0.4, -0.2) is 66.3 Å². The van der Waals surface area contributed by atoms with Gasteiger partial charge in [0.15, 0.2) is 0 Å². The minimum atomic E-state index is 0.0959. The SMILES string of the molecule is c1ccc(C23CN4CCN(CC(C4)C24CO4)C3)nc1. The number of rotatable bonds is 1. The predicted octanol–water partition coefficient (Wildman–Crippen LogP) is 0.349. The Labute approximate surface area is 113 Å². The summed E-state index contributed by atoms with van der Waals surface area (Å²) in [5, 5.41) is 0. The summed E-state index contributed by atoms with van der Waals surface area (Å²) in [6.45, 7) is 8.03. The number of epoxide rings is 1. The van der Waals surface area contributed by atoms with Crippen molar-refractivity contribution in [3.8, 4) is 0 Å². The van der Waals surface area contributed by atoms with Gasteiger partial charge in [-0.3, -0.25) is 4.98 Å². The number of hydrogen-bond donors (Lipinski definition) is 0. The molecule has 0 radical (unpaired) electrons. The van der Waals surface area contributed by atoms with Gasteiger partial charge in [-0.05, 0) is 12.1 Å². The largest absolute Gasteiger partial charge is 0.368 e. The highest BCUT2D eigenvalue weighted by molar-refractivity contribution is 5.35. The van der Waals surface area contributed by atoms with Crippen LogP contribution in [0, 0.1) is 5.92 Å². The van der Waals surface area contributed by atoms with E-state index in [1.54, 1.807) is 0 Å². The van der Waals surface area contributed by atoms with Gasteiger partial charge in [0.1, 0.15) is 5.60 Å². The third kappa shape index (κ3) is 1.23. The van der Waals surface area contributed by atoms with Crippen LogP contribution in [0.5, 0.6) is 0 Å². The topological polar surface area (TPSA) is 31.9 Å². The Balaban J connectivity index is 1.71. The molecule has 5 aliphatic heterocycles. The fraction of sp³-hybridized carbons (Fsp3) is 0.667. The van der Waals surface area contributed by atoms with Crippen molar-refractivity contribution in [1.29, 1.82) is 0 Å². The van der Waals surface area contributed by atoms with Crippen LogP contribution in [0.3, 0.4) is 0 Å². The van der Waals surface area contributed by atoms with E-state index in [0.717, 1.165) is 19.7 Å². The van der Waals surface area contributed by atoms with E-state index < -0.39 is 0 Å². The molecule has 3 atom stereocenters. The van der Waals surface area contributed by atoms with Crippen molar-refractivity contribution in [2.75, 3.05) is 45.9 Å². The first-order chi connectivity index (χ1) is 9.32. The predicted molar refractivity (Wildman–Crippen MR) is 71.0 cm³/mol. The van der Waals surface area contributed by atoms with Gasteiger partial charge in [0.05, 0.1) is 17.7 Å². The zero-order chi connectivity index (χ0) is 12.5. The lowest BCUT2D eigenvalue weighted by atomic mass is 9.61. The highest BCUT2D eigenvalue weighted by Crippen LogP contribution is 2.57. The first-order valence-electron chi connectivity index (χ1n) is 7.33. The maximum Gasteiger partial charge on any atom is 0.110 e. The van der Waals surface area contributed by atoms with Crippen molar-refractivity contribution in [3.05, 3.63) is 30.1 Å². The Morgan fingerprint density at radius 1 is 1.16 bits per heavy atom. The van der Waals surface area contributed by atoms with E-state index in [1.807, 2.05) is 12.3 Å². The monoisotopic (exact) mass is 257 g/mol. The van der Waals surface area contributed by atoms with Crippen molar-refractivity contribution < 1.29 is 4.74 Å². The fourth-order valence-electron chi connectivity index (χ4n) is 4.81. The molecular formula is C15H19N3O. The maximum absolute atomic E-state index is 6.09. The van der Waals surface area contributed by atoms with E-state index in [1.165, 1.54) is 31.9 Å². The summed E-state index contributed by atoms with van der Waals surface area (Å²) in [5.41, 5.74) is 1.44. The second-order valence-electron chi connectivity index (χ2n) is 6.64. The standard InChI is InChI=1S/C15H19N3O/c1-2-4-16-13(3-1)14-9-17-5-6-18(10-14)8-12(7-17)15(14)11-19-15/h1-4,12H,5-11H2. The number of nitrogens with zero attached hydrogens (tertiary/aromatic N) is 3. The van der Waals surface area contributed by atoms with Gasteiger partial charge in [-0.1, -0.05) is 6.07 Å². The van der Waals surface area contributed by atoms with Gasteiger partial charge in [-0.25, -0.2) is 0 Å². The molecule has 19 heavy (non-hydrogen) atoms. The molecule has 5 saturated heterocycles. The lowest BCUT2D eigenvalue weighted by molar-refractivity contribution is -0.0329. The molecule has 0 N–H and O–H groups in total. The first kappa shape index (κ1) is 10.8. The van der Waals surface area contributed by atoms with Crippen LogP contribution in [0.15, 0.2) is 24.4 Å². The number of fused-ring (bicyclic) bond motifs is 1. The smallest absolute Gasteiger partial charge is 0.110 e. The summed E-state index contributed by atoms with van der Waals surface area (Å²) in [7, 11) is 0. The molecular weight excluding hydrogens is 238 g/mol. The van der Waals surface area contributed by atoms with E-state index in [2.05, 4.69) is 21.9 Å². The summed E-state index contributed by atoms with van der Waals surface area (Å²) >= 11 is 0. The highest BCUT2D eigenvalue weighted by Gasteiger charge is 2.72. The van der Waals surface area contributed by atoms with Gasteiger partial charge in [-0.2, -0.15) is 0 Å². The highest BCUT2D eigenvalue weighted by atomic mass is 16.6. The van der Waals surface area contributed by atoms with E-state index in [9.17, 15) is 0 Å². The van der Waals surface area contributed by atoms with Crippen LogP contribution < -0.4 is 0 Å². The van der Waals surface area contributed by atoms with Gasteiger partial charge >= 0.3 is 0 Å². The molecule has 6 heterocycles. The number of aromatic nitrogens is 1. The van der Waals surface area contributed by atoms with Crippen LogP contribution >= 0.6 is 0 Å². The van der Waals surface area contributed by atoms with Crippen molar-refractivity contribution in [2.45, 2.75) is 11.0 Å². The third-order valence-electron chi connectivity index (χ3n) is 5.76. The van der Waals surface area contributed by atoms with Crippen molar-refractivity contribution >= 4 is 0 Å². The second kappa shape index (κ2) is 3.37. The lowest BCUT2D eigenvalue weighted by Crippen LogP contribution is -2.68. The third-order valence-corrected chi connectivity index (χ3v) is 5.76. The van der Waals surface area contributed by atoms with Crippen LogP contribution in [0.1, 0.15) is 5.69 Å². The summed E-state index contributed by atoms with van der Waals surface area (Å²) in [5.74, 6) is 0.666. The molecule has 4 heteroatoms. The molecule has 1 aromatic heterocycles. The fourth-order valence-corrected chi connectivity index (χ4v) is 4.81. The molecule has 3 unspecified atom stereocenters. The molecule has 4 nitrogen and oxygen atoms in total. The van der Waals surface area contributed by atoms with Crippen molar-refractivity contribution in [2.24, 2.45) is 5.92 Å². The first-order valence-corrected chi connectivity index (χ1v) is 7.33. The minimum absolute atomic E-state index is 0.0959. The number of hydrogen-bond acceptors (Lipinski definition) is 4. The zero-order valence-corrected chi connectivity index (χ0v) is 11.1. The average molecular weight is 257 g/mol. The number of piperidine rings is 2. The van der Waals surface area contributed by atoms with Crippen molar-refractivity contribution in [1.82, 2.24) is 14.8 Å². The molecule has 4 bridgehead atoms. The molecule has 5 fully saturated rings. The molecule has 0 aromatic carbocycles. The van der Waals surface area contributed by atoms with Gasteiger partial charge in [-0.15, -0.1) is 0 Å². The maximum atomic E-state index is 6.09. The minimum Gasteiger partial charge on any atom is -0.368 e. The lowest BCUT2D eigenvalue weighted by Gasteiger charge is -2.54. The Morgan fingerprint density at radius 2 is 1.89 bits per heavy atom. The number of ether oxygens (including phenoxy) is 1. The molecule has 100 valence electrons. The second-order valence-corrected chi connectivity index (χ2v) is 6.64. The molecule has 6 rings (SSSR count). The molecule has 1 spiro atoms. The summed E-state index contributed by atoms with van der Waals surface area (Å²) in [6.07, 6.45) is 1.94. The normalized spacial score (nSPS) is 50.4. The van der Waals surface area contributed by atoms with Crippen LogP contribution in [0.2, 0.25) is 0 Å². The molecule has 0 aliphatic carbocycles. The Kier molecular flexibility index (Phi) is 1.91. The van der Waals surface area contributed by atoms with Gasteiger partial charge in [0.2, 0.25) is 0 Å².